The summed E-state index contributed by atoms with van der Waals surface area (Å²) < 4.78 is 1.29. The highest BCUT2D eigenvalue weighted by Gasteiger charge is 2.34. The van der Waals surface area contributed by atoms with Gasteiger partial charge in [-0.15, -0.1) is 11.3 Å². The second-order valence-corrected chi connectivity index (χ2v) is 8.27. The molecule has 2 aromatic rings. The molecule has 128 valence electrons. The third-order valence-corrected chi connectivity index (χ3v) is 6.89. The van der Waals surface area contributed by atoms with Crippen LogP contribution in [0.15, 0.2) is 24.3 Å². The first-order chi connectivity index (χ1) is 11.7. The summed E-state index contributed by atoms with van der Waals surface area (Å²) in [5.74, 6) is 0.932. The fraction of sp³-hybridized carbons (Fsp3) is 0.579. The molecule has 0 radical (unpaired) electrons. The van der Waals surface area contributed by atoms with Crippen LogP contribution >= 0.6 is 11.3 Å². The Bertz CT molecular complexity index is 681. The number of quaternary nitrogens is 1. The van der Waals surface area contributed by atoms with Crippen LogP contribution in [0.2, 0.25) is 0 Å². The molecule has 2 saturated heterocycles. The van der Waals surface area contributed by atoms with Gasteiger partial charge in [-0.2, -0.15) is 0 Å². The van der Waals surface area contributed by atoms with Gasteiger partial charge in [-0.25, -0.2) is 4.98 Å². The normalized spacial score (nSPS) is 26.0. The molecule has 4 nitrogen and oxygen atoms in total. The summed E-state index contributed by atoms with van der Waals surface area (Å²) in [6, 6.07) is 8.52. The number of carbonyl (C=O) groups is 1. The van der Waals surface area contributed by atoms with E-state index in [0.717, 1.165) is 44.5 Å². The van der Waals surface area contributed by atoms with E-state index in [2.05, 4.69) is 36.1 Å². The van der Waals surface area contributed by atoms with E-state index < -0.39 is 0 Å². The van der Waals surface area contributed by atoms with Gasteiger partial charge in [0, 0.05) is 31.8 Å². The van der Waals surface area contributed by atoms with E-state index in [1.807, 2.05) is 11.3 Å². The Labute approximate surface area is 147 Å². The molecule has 0 saturated carbocycles. The van der Waals surface area contributed by atoms with E-state index in [1.165, 1.54) is 27.4 Å². The number of benzene rings is 1. The number of piperidine rings is 1. The fourth-order valence-corrected chi connectivity index (χ4v) is 5.26. The Balaban J connectivity index is 1.38. The Hall–Kier alpha value is -1.46. The molecule has 2 aliphatic heterocycles. The molecule has 1 aromatic heterocycles. The van der Waals surface area contributed by atoms with Crippen LogP contribution in [0.5, 0.6) is 0 Å². The van der Waals surface area contributed by atoms with Crippen molar-refractivity contribution in [2.75, 3.05) is 26.2 Å². The number of thiazole rings is 1. The molecule has 0 bridgehead atoms. The number of likely N-dealkylation sites (tertiary alicyclic amines) is 2. The second kappa shape index (κ2) is 6.81. The van der Waals surface area contributed by atoms with Crippen molar-refractivity contribution in [1.82, 2.24) is 9.88 Å². The van der Waals surface area contributed by atoms with Gasteiger partial charge in [0.2, 0.25) is 0 Å². The number of fused-ring (bicyclic) bond motifs is 1. The zero-order valence-corrected chi connectivity index (χ0v) is 15.1. The molecule has 2 aliphatic rings. The number of para-hydroxylation sites is 1. The maximum absolute atomic E-state index is 12.6. The number of carbonyl (C=O) groups excluding carboxylic acids is 1. The van der Waals surface area contributed by atoms with Gasteiger partial charge in [-0.3, -0.25) is 4.79 Å². The number of hydrogen-bond donors (Lipinski definition) is 1. The van der Waals surface area contributed by atoms with E-state index in [1.54, 1.807) is 0 Å². The maximum atomic E-state index is 12.6. The minimum absolute atomic E-state index is 0.111. The second-order valence-electron chi connectivity index (χ2n) is 7.21. The van der Waals surface area contributed by atoms with Crippen molar-refractivity contribution in [2.24, 2.45) is 0 Å². The lowest BCUT2D eigenvalue weighted by Crippen LogP contribution is -3.17. The SMILES string of the molecule is C[C@H](C(=O)N1CCCC1)[NH+]1CCC(c2nc3ccccc3s2)CC1. The molecule has 0 aliphatic carbocycles. The molecule has 1 aromatic carbocycles. The number of nitrogens with zero attached hydrogens (tertiary/aromatic N) is 2. The Morgan fingerprint density at radius 3 is 2.67 bits per heavy atom. The lowest BCUT2D eigenvalue weighted by Gasteiger charge is -2.33. The molecule has 0 unspecified atom stereocenters. The first kappa shape index (κ1) is 16.0. The van der Waals surface area contributed by atoms with Gasteiger partial charge in [-0.05, 0) is 31.9 Å². The van der Waals surface area contributed by atoms with Crippen LogP contribution in [0, 0.1) is 0 Å². The van der Waals surface area contributed by atoms with E-state index in [4.69, 9.17) is 4.98 Å². The highest BCUT2D eigenvalue weighted by Crippen LogP contribution is 2.31. The van der Waals surface area contributed by atoms with Crippen molar-refractivity contribution < 1.29 is 9.69 Å². The fourth-order valence-electron chi connectivity index (χ4n) is 4.12. The predicted molar refractivity (Wildman–Crippen MR) is 97.6 cm³/mol. The highest BCUT2D eigenvalue weighted by atomic mass is 32.1. The summed E-state index contributed by atoms with van der Waals surface area (Å²) >= 11 is 1.84. The molecular formula is C19H26N3OS+. The first-order valence-electron chi connectivity index (χ1n) is 9.21. The average Bonchev–Trinajstić information content (AvgIpc) is 3.30. The van der Waals surface area contributed by atoms with Gasteiger partial charge in [0.25, 0.3) is 5.91 Å². The van der Waals surface area contributed by atoms with Crippen LogP contribution in [0.4, 0.5) is 0 Å². The molecule has 1 N–H and O–H groups in total. The van der Waals surface area contributed by atoms with Crippen molar-refractivity contribution in [1.29, 1.82) is 0 Å². The summed E-state index contributed by atoms with van der Waals surface area (Å²) in [4.78, 5) is 21.0. The van der Waals surface area contributed by atoms with Gasteiger partial charge < -0.3 is 9.80 Å². The summed E-state index contributed by atoms with van der Waals surface area (Å²) in [5.41, 5.74) is 1.13. The molecule has 24 heavy (non-hydrogen) atoms. The van der Waals surface area contributed by atoms with Crippen LogP contribution in [-0.2, 0) is 4.79 Å². The third-order valence-electron chi connectivity index (χ3n) is 5.69. The van der Waals surface area contributed by atoms with Gasteiger partial charge >= 0.3 is 0 Å². The molecule has 3 heterocycles. The van der Waals surface area contributed by atoms with Crippen molar-refractivity contribution in [3.05, 3.63) is 29.3 Å². The van der Waals surface area contributed by atoms with E-state index >= 15 is 0 Å². The maximum Gasteiger partial charge on any atom is 0.280 e. The number of amides is 1. The zero-order chi connectivity index (χ0) is 16.5. The third kappa shape index (κ3) is 3.07. The smallest absolute Gasteiger partial charge is 0.280 e. The first-order valence-corrected chi connectivity index (χ1v) is 10.0. The van der Waals surface area contributed by atoms with Crippen molar-refractivity contribution in [2.45, 2.75) is 44.6 Å². The minimum Gasteiger partial charge on any atom is -0.338 e. The predicted octanol–water partition coefficient (Wildman–Crippen LogP) is 2.07. The highest BCUT2D eigenvalue weighted by molar-refractivity contribution is 7.18. The van der Waals surface area contributed by atoms with E-state index in [0.29, 0.717) is 11.8 Å². The van der Waals surface area contributed by atoms with Gasteiger partial charge in [0.15, 0.2) is 6.04 Å². The topological polar surface area (TPSA) is 37.6 Å². The summed E-state index contributed by atoms with van der Waals surface area (Å²) in [7, 11) is 0. The molecule has 2 fully saturated rings. The van der Waals surface area contributed by atoms with Crippen LogP contribution in [-0.4, -0.2) is 48.0 Å². The van der Waals surface area contributed by atoms with E-state index in [9.17, 15) is 4.79 Å². The van der Waals surface area contributed by atoms with Crippen molar-refractivity contribution >= 4 is 27.5 Å². The van der Waals surface area contributed by atoms with Gasteiger partial charge in [0.05, 0.1) is 28.3 Å². The number of nitrogens with one attached hydrogen (secondary N) is 1. The molecule has 1 amide bonds. The number of rotatable bonds is 3. The standard InChI is InChI=1S/C19H25N3OS/c1-14(19(23)22-10-4-5-11-22)21-12-8-15(9-13-21)18-20-16-6-2-3-7-17(16)24-18/h2-3,6-7,14-15H,4-5,8-13H2,1H3/p+1/t14-/m1/s1. The number of aromatic nitrogens is 1. The molecule has 0 spiro atoms. The molecule has 4 rings (SSSR count). The zero-order valence-electron chi connectivity index (χ0n) is 14.3. The Kier molecular flexibility index (Phi) is 4.55. The summed E-state index contributed by atoms with van der Waals surface area (Å²) in [5, 5.41) is 1.29. The summed E-state index contributed by atoms with van der Waals surface area (Å²) in [6.45, 7) is 6.21. The van der Waals surface area contributed by atoms with Crippen molar-refractivity contribution in [3.63, 3.8) is 0 Å². The van der Waals surface area contributed by atoms with Crippen molar-refractivity contribution in [3.8, 4) is 0 Å². The van der Waals surface area contributed by atoms with Gasteiger partial charge in [-0.1, -0.05) is 12.1 Å². The quantitative estimate of drug-likeness (QED) is 0.926. The van der Waals surface area contributed by atoms with Crippen LogP contribution in [0.25, 0.3) is 10.2 Å². The lowest BCUT2D eigenvalue weighted by atomic mass is 9.96. The van der Waals surface area contributed by atoms with Gasteiger partial charge in [0.1, 0.15) is 0 Å². The number of hydrogen-bond acceptors (Lipinski definition) is 3. The largest absolute Gasteiger partial charge is 0.338 e. The minimum atomic E-state index is 0.111. The Morgan fingerprint density at radius 1 is 1.25 bits per heavy atom. The van der Waals surface area contributed by atoms with Crippen LogP contribution < -0.4 is 4.90 Å². The lowest BCUT2D eigenvalue weighted by molar-refractivity contribution is -0.919. The summed E-state index contributed by atoms with van der Waals surface area (Å²) in [6.07, 6.45) is 4.64. The molecule has 1 atom stereocenters. The monoisotopic (exact) mass is 344 g/mol. The molecular weight excluding hydrogens is 318 g/mol. The van der Waals surface area contributed by atoms with Crippen LogP contribution in [0.3, 0.4) is 0 Å². The molecule has 5 heteroatoms. The van der Waals surface area contributed by atoms with E-state index in [-0.39, 0.29) is 6.04 Å². The van der Waals surface area contributed by atoms with Crippen LogP contribution in [0.1, 0.15) is 43.5 Å². The average molecular weight is 345 g/mol. The Morgan fingerprint density at radius 2 is 1.96 bits per heavy atom.